The maximum atomic E-state index is 13.9. The fourth-order valence-electron chi connectivity index (χ4n) is 1.98. The average Bonchev–Trinajstić information content (AvgIpc) is 3.12. The molecule has 3 rings (SSSR count). The van der Waals surface area contributed by atoms with E-state index in [1.165, 1.54) is 29.2 Å². The van der Waals surface area contributed by atoms with Crippen LogP contribution >= 0.6 is 39.0 Å². The molecule has 0 unspecified atom stereocenters. The van der Waals surface area contributed by atoms with Crippen LogP contribution in [0.5, 0.6) is 0 Å². The zero-order valence-electron chi connectivity index (χ0n) is 12.0. The summed E-state index contributed by atoms with van der Waals surface area (Å²) in [6, 6.07) is 10.1. The van der Waals surface area contributed by atoms with Crippen molar-refractivity contribution in [3.63, 3.8) is 0 Å². The zero-order valence-corrected chi connectivity index (χ0v) is 15.2. The summed E-state index contributed by atoms with van der Waals surface area (Å²) >= 11 is 6.03. The largest absolute Gasteiger partial charge is 0.305 e. The molecule has 8 heteroatoms. The van der Waals surface area contributed by atoms with Crippen LogP contribution in [0, 0.1) is 5.82 Å². The lowest BCUT2D eigenvalue weighted by molar-refractivity contribution is 0.102. The van der Waals surface area contributed by atoms with Gasteiger partial charge < -0.3 is 4.57 Å². The van der Waals surface area contributed by atoms with Crippen molar-refractivity contribution in [2.75, 3.05) is 5.75 Å². The zero-order chi connectivity index (χ0) is 16.4. The summed E-state index contributed by atoms with van der Waals surface area (Å²) in [6.07, 6.45) is 0. The Hall–Kier alpha value is -1.51. The molecule has 0 bridgehead atoms. The molecule has 2 heterocycles. The first kappa shape index (κ1) is 16.4. The second-order valence-electron chi connectivity index (χ2n) is 4.66. The van der Waals surface area contributed by atoms with Gasteiger partial charge in [-0.05, 0) is 40.2 Å². The minimum Gasteiger partial charge on any atom is -0.305 e. The molecule has 0 spiro atoms. The SMILES string of the molecule is Cn1c(SCC(=O)c2ccc(Br)s2)nnc1-c1ccccc1F. The van der Waals surface area contributed by atoms with E-state index in [9.17, 15) is 9.18 Å². The van der Waals surface area contributed by atoms with Crippen LogP contribution in [0.15, 0.2) is 45.3 Å². The molecule has 0 N–H and O–H groups in total. The van der Waals surface area contributed by atoms with Gasteiger partial charge in [-0.25, -0.2) is 4.39 Å². The number of hydrogen-bond donors (Lipinski definition) is 0. The topological polar surface area (TPSA) is 47.8 Å². The second kappa shape index (κ2) is 6.94. The van der Waals surface area contributed by atoms with Crippen molar-refractivity contribution in [2.24, 2.45) is 7.05 Å². The first-order chi connectivity index (χ1) is 11.1. The van der Waals surface area contributed by atoms with E-state index in [1.54, 1.807) is 35.9 Å². The molecule has 0 saturated carbocycles. The number of benzene rings is 1. The van der Waals surface area contributed by atoms with E-state index >= 15 is 0 Å². The van der Waals surface area contributed by atoms with Crippen molar-refractivity contribution in [3.05, 3.63) is 50.9 Å². The van der Waals surface area contributed by atoms with Gasteiger partial charge in [-0.3, -0.25) is 4.79 Å². The van der Waals surface area contributed by atoms with E-state index in [2.05, 4.69) is 26.1 Å². The Balaban J connectivity index is 1.75. The third-order valence-corrected chi connectivity index (χ3v) is 5.81. The maximum absolute atomic E-state index is 13.9. The van der Waals surface area contributed by atoms with Crippen molar-refractivity contribution in [2.45, 2.75) is 5.16 Å². The van der Waals surface area contributed by atoms with Crippen LogP contribution in [0.2, 0.25) is 0 Å². The predicted octanol–water partition coefficient (Wildman–Crippen LogP) is 4.42. The van der Waals surface area contributed by atoms with E-state index in [1.807, 2.05) is 6.07 Å². The molecule has 0 saturated heterocycles. The van der Waals surface area contributed by atoms with Gasteiger partial charge in [0.1, 0.15) is 5.82 Å². The van der Waals surface area contributed by atoms with Crippen LogP contribution in [0.25, 0.3) is 11.4 Å². The normalized spacial score (nSPS) is 10.9. The number of thioether (sulfide) groups is 1. The van der Waals surface area contributed by atoms with Crippen LogP contribution in [-0.4, -0.2) is 26.3 Å². The number of halogens is 2. The molecular formula is C15H11BrFN3OS2. The van der Waals surface area contributed by atoms with Crippen molar-refractivity contribution >= 4 is 44.8 Å². The summed E-state index contributed by atoms with van der Waals surface area (Å²) in [5.41, 5.74) is 0.392. The monoisotopic (exact) mass is 411 g/mol. The number of carbonyl (C=O) groups is 1. The first-order valence-corrected chi connectivity index (χ1v) is 9.21. The molecule has 3 aromatic rings. The summed E-state index contributed by atoms with van der Waals surface area (Å²) in [5.74, 6) is 0.382. The van der Waals surface area contributed by atoms with Crippen molar-refractivity contribution in [1.82, 2.24) is 14.8 Å². The molecule has 0 aliphatic heterocycles. The molecule has 1 aromatic carbocycles. The molecule has 0 radical (unpaired) electrons. The van der Waals surface area contributed by atoms with Gasteiger partial charge in [0.15, 0.2) is 16.8 Å². The smallest absolute Gasteiger partial charge is 0.191 e. The van der Waals surface area contributed by atoms with Gasteiger partial charge in [0.05, 0.1) is 20.0 Å². The summed E-state index contributed by atoms with van der Waals surface area (Å²) in [4.78, 5) is 12.8. The van der Waals surface area contributed by atoms with Crippen LogP contribution < -0.4 is 0 Å². The van der Waals surface area contributed by atoms with Gasteiger partial charge >= 0.3 is 0 Å². The van der Waals surface area contributed by atoms with E-state index in [0.717, 1.165) is 3.79 Å². The third kappa shape index (κ3) is 3.54. The molecule has 23 heavy (non-hydrogen) atoms. The van der Waals surface area contributed by atoms with Crippen LogP contribution in [0.4, 0.5) is 4.39 Å². The Morgan fingerprint density at radius 2 is 2.09 bits per heavy atom. The molecule has 2 aromatic heterocycles. The quantitative estimate of drug-likeness (QED) is 0.460. The molecule has 0 amide bonds. The number of thiophene rings is 1. The molecule has 0 atom stereocenters. The Kier molecular flexibility index (Phi) is 4.93. The molecule has 118 valence electrons. The van der Waals surface area contributed by atoms with Gasteiger partial charge in [-0.15, -0.1) is 21.5 Å². The number of ketones is 1. The van der Waals surface area contributed by atoms with Gasteiger partial charge in [0, 0.05) is 7.05 Å². The summed E-state index contributed by atoms with van der Waals surface area (Å²) < 4.78 is 16.5. The number of carbonyl (C=O) groups excluding carboxylic acids is 1. The van der Waals surface area contributed by atoms with E-state index in [-0.39, 0.29) is 17.4 Å². The van der Waals surface area contributed by atoms with Crippen LogP contribution in [0.3, 0.4) is 0 Å². The van der Waals surface area contributed by atoms with E-state index in [4.69, 9.17) is 0 Å². The van der Waals surface area contributed by atoms with Gasteiger partial charge in [-0.1, -0.05) is 23.9 Å². The summed E-state index contributed by atoms with van der Waals surface area (Å²) in [5, 5.41) is 8.67. The fraction of sp³-hybridized carbons (Fsp3) is 0.133. The standard InChI is InChI=1S/C15H11BrFN3OS2/c1-20-14(9-4-2-3-5-10(9)17)18-19-15(20)22-8-11(21)12-6-7-13(16)23-12/h2-7H,8H2,1H3. The van der Waals surface area contributed by atoms with Gasteiger partial charge in [-0.2, -0.15) is 0 Å². The highest BCUT2D eigenvalue weighted by molar-refractivity contribution is 9.11. The van der Waals surface area contributed by atoms with E-state index < -0.39 is 0 Å². The Morgan fingerprint density at radius 3 is 2.78 bits per heavy atom. The lowest BCUT2D eigenvalue weighted by Gasteiger charge is -2.04. The maximum Gasteiger partial charge on any atom is 0.191 e. The minimum absolute atomic E-state index is 0.0288. The van der Waals surface area contributed by atoms with Gasteiger partial charge in [0.25, 0.3) is 0 Å². The Bertz CT molecular complexity index is 862. The highest BCUT2D eigenvalue weighted by Crippen LogP contribution is 2.27. The average molecular weight is 412 g/mol. The van der Waals surface area contributed by atoms with Crippen molar-refractivity contribution in [1.29, 1.82) is 0 Å². The summed E-state index contributed by atoms with van der Waals surface area (Å²) in [7, 11) is 1.76. The lowest BCUT2D eigenvalue weighted by Crippen LogP contribution is -2.02. The number of nitrogens with zero attached hydrogens (tertiary/aromatic N) is 3. The Morgan fingerprint density at radius 1 is 1.30 bits per heavy atom. The number of rotatable bonds is 5. The summed E-state index contributed by atoms with van der Waals surface area (Å²) in [6.45, 7) is 0. The number of Topliss-reactive ketones (excluding diaryl/α,β-unsaturated/α-hetero) is 1. The van der Waals surface area contributed by atoms with E-state index in [0.29, 0.717) is 21.4 Å². The minimum atomic E-state index is -0.348. The van der Waals surface area contributed by atoms with Crippen LogP contribution in [0.1, 0.15) is 9.67 Å². The molecule has 0 aliphatic carbocycles. The first-order valence-electron chi connectivity index (χ1n) is 6.62. The third-order valence-electron chi connectivity index (χ3n) is 3.13. The van der Waals surface area contributed by atoms with Gasteiger partial charge in [0.2, 0.25) is 0 Å². The molecule has 4 nitrogen and oxygen atoms in total. The van der Waals surface area contributed by atoms with Crippen molar-refractivity contribution < 1.29 is 9.18 Å². The molecule has 0 fully saturated rings. The Labute approximate surface area is 148 Å². The number of hydrogen-bond acceptors (Lipinski definition) is 5. The second-order valence-corrected chi connectivity index (χ2v) is 8.07. The molecule has 0 aliphatic rings. The number of aromatic nitrogens is 3. The highest BCUT2D eigenvalue weighted by Gasteiger charge is 2.16. The highest BCUT2D eigenvalue weighted by atomic mass is 79.9. The van der Waals surface area contributed by atoms with Crippen LogP contribution in [-0.2, 0) is 7.05 Å². The predicted molar refractivity (Wildman–Crippen MR) is 93.5 cm³/mol. The fourth-order valence-corrected chi connectivity index (χ4v) is 4.19. The lowest BCUT2D eigenvalue weighted by atomic mass is 10.2. The van der Waals surface area contributed by atoms with Crippen molar-refractivity contribution in [3.8, 4) is 11.4 Å². The molecular weight excluding hydrogens is 401 g/mol.